The van der Waals surface area contributed by atoms with Gasteiger partial charge in [0.15, 0.2) is 0 Å². The Morgan fingerprint density at radius 3 is 2.74 bits per heavy atom. The second kappa shape index (κ2) is 6.06. The van der Waals surface area contributed by atoms with E-state index >= 15 is 0 Å². The first-order valence-electron chi connectivity index (χ1n) is 6.79. The van der Waals surface area contributed by atoms with Crippen LogP contribution in [-0.4, -0.2) is 10.8 Å². The zero-order valence-electron chi connectivity index (χ0n) is 11.8. The van der Waals surface area contributed by atoms with Gasteiger partial charge in [0, 0.05) is 27.9 Å². The summed E-state index contributed by atoms with van der Waals surface area (Å²) >= 11 is 5.96. The Morgan fingerprint density at radius 1 is 1.17 bits per heavy atom. The lowest BCUT2D eigenvalue weighted by molar-refractivity contribution is -0.385. The molecule has 1 N–H and O–H groups in total. The number of carbonyl (C=O) groups excluding carboxylic acids is 1. The van der Waals surface area contributed by atoms with Gasteiger partial charge in [-0.1, -0.05) is 29.8 Å². The van der Waals surface area contributed by atoms with Gasteiger partial charge in [0.25, 0.3) is 11.6 Å². The molecular weight excluding hydrogens is 316 g/mol. The molecule has 1 aliphatic heterocycles. The van der Waals surface area contributed by atoms with Gasteiger partial charge in [-0.15, -0.1) is 0 Å². The molecule has 0 fully saturated rings. The molecule has 5 nitrogen and oxygen atoms in total. The van der Waals surface area contributed by atoms with Crippen molar-refractivity contribution in [3.63, 3.8) is 0 Å². The maximum atomic E-state index is 12.0. The number of rotatable bonds is 3. The van der Waals surface area contributed by atoms with E-state index in [4.69, 9.17) is 11.6 Å². The van der Waals surface area contributed by atoms with Crippen molar-refractivity contribution >= 4 is 40.5 Å². The van der Waals surface area contributed by atoms with Crippen molar-refractivity contribution in [1.82, 2.24) is 0 Å². The fourth-order valence-corrected chi connectivity index (χ4v) is 2.54. The Hall–Kier alpha value is -2.92. The molecule has 1 amide bonds. The minimum absolute atomic E-state index is 0.0152. The summed E-state index contributed by atoms with van der Waals surface area (Å²) in [7, 11) is 0. The number of fused-ring (bicyclic) bond motifs is 1. The lowest BCUT2D eigenvalue weighted by atomic mass is 10.1. The number of carbonyl (C=O) groups is 1. The molecule has 0 bridgehead atoms. The van der Waals surface area contributed by atoms with E-state index in [1.54, 1.807) is 54.6 Å². The van der Waals surface area contributed by atoms with Gasteiger partial charge < -0.3 is 5.32 Å². The van der Waals surface area contributed by atoms with Crippen LogP contribution in [0.25, 0.3) is 11.6 Å². The monoisotopic (exact) mass is 326 g/mol. The second-order valence-electron chi connectivity index (χ2n) is 4.90. The molecule has 0 saturated carbocycles. The number of allylic oxidation sites excluding steroid dienone is 2. The maximum absolute atomic E-state index is 12.0. The van der Waals surface area contributed by atoms with Gasteiger partial charge in [-0.05, 0) is 36.4 Å². The summed E-state index contributed by atoms with van der Waals surface area (Å²) in [6.45, 7) is 0. The lowest BCUT2D eigenvalue weighted by Gasteiger charge is -1.98. The summed E-state index contributed by atoms with van der Waals surface area (Å²) < 4.78 is 0. The van der Waals surface area contributed by atoms with Crippen LogP contribution in [0.4, 0.5) is 11.4 Å². The number of nitro groups is 1. The maximum Gasteiger partial charge on any atom is 0.276 e. The Bertz CT molecular complexity index is 872. The molecule has 23 heavy (non-hydrogen) atoms. The first-order chi connectivity index (χ1) is 11.1. The van der Waals surface area contributed by atoms with Crippen molar-refractivity contribution in [2.45, 2.75) is 0 Å². The van der Waals surface area contributed by atoms with Gasteiger partial charge >= 0.3 is 0 Å². The SMILES string of the molecule is O=C1Nc2ccc(Cl)cc2/C1=C\C=C\c1ccccc1[N+](=O)[O-]. The number of hydrogen-bond donors (Lipinski definition) is 1. The van der Waals surface area contributed by atoms with E-state index in [0.29, 0.717) is 21.8 Å². The molecule has 2 aromatic rings. The number of hydrogen-bond acceptors (Lipinski definition) is 3. The highest BCUT2D eigenvalue weighted by Crippen LogP contribution is 2.33. The predicted molar refractivity (Wildman–Crippen MR) is 90.2 cm³/mol. The van der Waals surface area contributed by atoms with E-state index < -0.39 is 4.92 Å². The predicted octanol–water partition coefficient (Wildman–Crippen LogP) is 4.30. The van der Waals surface area contributed by atoms with Gasteiger partial charge in [0.2, 0.25) is 0 Å². The Balaban J connectivity index is 1.94. The van der Waals surface area contributed by atoms with Gasteiger partial charge in [0.1, 0.15) is 0 Å². The number of nitro benzene ring substituents is 1. The van der Waals surface area contributed by atoms with Crippen LogP contribution in [0.15, 0.2) is 54.6 Å². The van der Waals surface area contributed by atoms with Crippen molar-refractivity contribution in [2.24, 2.45) is 0 Å². The van der Waals surface area contributed by atoms with Crippen LogP contribution in [0, 0.1) is 10.1 Å². The average Bonchev–Trinajstić information content (AvgIpc) is 2.83. The zero-order valence-corrected chi connectivity index (χ0v) is 12.6. The molecule has 0 saturated heterocycles. The normalized spacial score (nSPS) is 15.0. The number of halogens is 1. The molecule has 6 heteroatoms. The minimum Gasteiger partial charge on any atom is -0.321 e. The number of nitrogens with zero attached hydrogens (tertiary/aromatic N) is 1. The first-order valence-corrected chi connectivity index (χ1v) is 7.17. The molecule has 0 atom stereocenters. The van der Waals surface area contributed by atoms with Gasteiger partial charge in [-0.2, -0.15) is 0 Å². The Labute approximate surface area is 137 Å². The Morgan fingerprint density at radius 2 is 1.96 bits per heavy atom. The van der Waals surface area contributed by atoms with E-state index in [9.17, 15) is 14.9 Å². The van der Waals surface area contributed by atoms with Crippen molar-refractivity contribution < 1.29 is 9.72 Å². The molecule has 0 unspecified atom stereocenters. The smallest absolute Gasteiger partial charge is 0.276 e. The van der Waals surface area contributed by atoms with Crippen LogP contribution in [0.3, 0.4) is 0 Å². The van der Waals surface area contributed by atoms with Crippen molar-refractivity contribution in [3.8, 4) is 0 Å². The highest BCUT2D eigenvalue weighted by Gasteiger charge is 2.23. The summed E-state index contributed by atoms with van der Waals surface area (Å²) in [6.07, 6.45) is 4.84. The minimum atomic E-state index is -0.440. The molecule has 0 radical (unpaired) electrons. The van der Waals surface area contributed by atoms with E-state index in [0.717, 1.165) is 5.56 Å². The number of anilines is 1. The molecule has 0 aromatic heterocycles. The second-order valence-corrected chi connectivity index (χ2v) is 5.34. The van der Waals surface area contributed by atoms with Gasteiger partial charge in [0.05, 0.1) is 10.5 Å². The van der Waals surface area contributed by atoms with Crippen LogP contribution >= 0.6 is 11.6 Å². The summed E-state index contributed by atoms with van der Waals surface area (Å²) in [5, 5.41) is 14.3. The Kier molecular flexibility index (Phi) is 3.95. The van der Waals surface area contributed by atoms with E-state index in [2.05, 4.69) is 5.32 Å². The van der Waals surface area contributed by atoms with Crippen LogP contribution < -0.4 is 5.32 Å². The van der Waals surface area contributed by atoms with Crippen molar-refractivity contribution in [3.05, 3.63) is 80.9 Å². The molecule has 2 aromatic carbocycles. The third-order valence-electron chi connectivity index (χ3n) is 3.44. The average molecular weight is 327 g/mol. The summed E-state index contributed by atoms with van der Waals surface area (Å²) in [6, 6.07) is 11.6. The molecule has 1 aliphatic rings. The van der Waals surface area contributed by atoms with Crippen molar-refractivity contribution in [2.75, 3.05) is 5.32 Å². The molecule has 114 valence electrons. The van der Waals surface area contributed by atoms with Crippen LogP contribution in [0.5, 0.6) is 0 Å². The fraction of sp³-hybridized carbons (Fsp3) is 0. The molecular formula is C17H11ClN2O3. The largest absolute Gasteiger partial charge is 0.321 e. The van der Waals surface area contributed by atoms with Crippen LogP contribution in [0.1, 0.15) is 11.1 Å². The van der Waals surface area contributed by atoms with E-state index in [-0.39, 0.29) is 11.6 Å². The van der Waals surface area contributed by atoms with Gasteiger partial charge in [-0.3, -0.25) is 14.9 Å². The third-order valence-corrected chi connectivity index (χ3v) is 3.67. The van der Waals surface area contributed by atoms with Crippen molar-refractivity contribution in [1.29, 1.82) is 0 Å². The standard InChI is InChI=1S/C17H11ClN2O3/c18-12-8-9-15-14(10-12)13(17(21)19-15)6-3-5-11-4-1-2-7-16(11)20(22)23/h1-10H,(H,19,21)/b5-3+,13-6+. The highest BCUT2D eigenvalue weighted by molar-refractivity contribution is 6.34. The lowest BCUT2D eigenvalue weighted by Crippen LogP contribution is -2.03. The third kappa shape index (κ3) is 3.00. The first kappa shape index (κ1) is 15.0. The molecule has 1 heterocycles. The number of para-hydroxylation sites is 1. The molecule has 3 rings (SSSR count). The zero-order chi connectivity index (χ0) is 16.4. The van der Waals surface area contributed by atoms with E-state index in [1.807, 2.05) is 0 Å². The molecule has 0 spiro atoms. The topological polar surface area (TPSA) is 72.2 Å². The summed E-state index contributed by atoms with van der Waals surface area (Å²) in [4.78, 5) is 22.5. The van der Waals surface area contributed by atoms with Crippen LogP contribution in [0.2, 0.25) is 5.02 Å². The number of amides is 1. The van der Waals surface area contributed by atoms with Crippen LogP contribution in [-0.2, 0) is 4.79 Å². The number of nitrogens with one attached hydrogen (secondary N) is 1. The quantitative estimate of drug-likeness (QED) is 0.519. The highest BCUT2D eigenvalue weighted by atomic mass is 35.5. The van der Waals surface area contributed by atoms with Gasteiger partial charge in [-0.25, -0.2) is 0 Å². The summed E-state index contributed by atoms with van der Waals surface area (Å²) in [5.41, 5.74) is 2.37. The molecule has 0 aliphatic carbocycles. The number of benzene rings is 2. The fourth-order valence-electron chi connectivity index (χ4n) is 2.37. The van der Waals surface area contributed by atoms with E-state index in [1.165, 1.54) is 6.07 Å². The summed E-state index contributed by atoms with van der Waals surface area (Å²) in [5.74, 6) is -0.227.